The summed E-state index contributed by atoms with van der Waals surface area (Å²) in [7, 11) is -2.66. The van der Waals surface area contributed by atoms with Crippen LogP contribution in [0.4, 0.5) is 0 Å². The van der Waals surface area contributed by atoms with Gasteiger partial charge in [-0.15, -0.1) is 9.19 Å². The Balaban J connectivity index is 2.42. The molecule has 0 aliphatic heterocycles. The number of methoxy groups -OCH3 is 1. The number of carbonyl (C=O) groups excluding carboxylic acids is 1. The van der Waals surface area contributed by atoms with Gasteiger partial charge in [0.25, 0.3) is 10.0 Å². The third-order valence-electron chi connectivity index (χ3n) is 2.43. The summed E-state index contributed by atoms with van der Waals surface area (Å²) in [6.45, 7) is 1.85. The first kappa shape index (κ1) is 13.2. The molecule has 0 unspecified atom stereocenters. The van der Waals surface area contributed by atoms with E-state index in [9.17, 15) is 13.2 Å². The number of esters is 1. The van der Waals surface area contributed by atoms with E-state index in [0.717, 1.165) is 11.8 Å². The van der Waals surface area contributed by atoms with E-state index in [1.807, 2.05) is 6.92 Å². The van der Waals surface area contributed by atoms with Crippen LogP contribution in [0.5, 0.6) is 0 Å². The molecule has 2 rings (SSSR count). The van der Waals surface area contributed by atoms with Crippen molar-refractivity contribution in [2.24, 2.45) is 0 Å². The molecule has 19 heavy (non-hydrogen) atoms. The summed E-state index contributed by atoms with van der Waals surface area (Å²) in [6.07, 6.45) is 1.01. The number of benzene rings is 1. The van der Waals surface area contributed by atoms with Gasteiger partial charge in [0.05, 0.1) is 18.2 Å². The summed E-state index contributed by atoms with van der Waals surface area (Å²) >= 11 is 0. The number of hydrogen-bond acceptors (Lipinski definition) is 6. The fourth-order valence-corrected chi connectivity index (χ4v) is 2.45. The first-order valence-electron chi connectivity index (χ1n) is 5.28. The molecule has 0 amide bonds. The second-order valence-electron chi connectivity index (χ2n) is 3.79. The second-order valence-corrected chi connectivity index (χ2v) is 5.58. The van der Waals surface area contributed by atoms with Crippen LogP contribution in [-0.4, -0.2) is 35.9 Å². The lowest BCUT2D eigenvalue weighted by Crippen LogP contribution is -2.13. The van der Waals surface area contributed by atoms with Crippen molar-refractivity contribution in [1.29, 1.82) is 0 Å². The minimum Gasteiger partial charge on any atom is -0.464 e. The van der Waals surface area contributed by atoms with E-state index < -0.39 is 16.0 Å². The molecule has 0 fully saturated rings. The summed E-state index contributed by atoms with van der Waals surface area (Å²) < 4.78 is 29.4. The van der Waals surface area contributed by atoms with Crippen LogP contribution >= 0.6 is 0 Å². The highest BCUT2D eigenvalue weighted by Gasteiger charge is 2.21. The van der Waals surface area contributed by atoms with Crippen molar-refractivity contribution >= 4 is 16.0 Å². The summed E-state index contributed by atoms with van der Waals surface area (Å²) in [5, 5.41) is 6.89. The summed E-state index contributed by atoms with van der Waals surface area (Å²) in [4.78, 5) is 11.3. The van der Waals surface area contributed by atoms with Crippen molar-refractivity contribution in [1.82, 2.24) is 14.4 Å². The van der Waals surface area contributed by atoms with Gasteiger partial charge in [0.15, 0.2) is 5.69 Å². The molecule has 0 radical (unpaired) electrons. The zero-order valence-electron chi connectivity index (χ0n) is 10.3. The van der Waals surface area contributed by atoms with Gasteiger partial charge in [0, 0.05) is 0 Å². The van der Waals surface area contributed by atoms with Crippen LogP contribution in [0.3, 0.4) is 0 Å². The average Bonchev–Trinajstić information content (AvgIpc) is 2.88. The van der Waals surface area contributed by atoms with Crippen molar-refractivity contribution in [3.05, 3.63) is 41.7 Å². The summed E-state index contributed by atoms with van der Waals surface area (Å²) in [6, 6.07) is 6.27. The monoisotopic (exact) mass is 281 g/mol. The highest BCUT2D eigenvalue weighted by atomic mass is 32.2. The van der Waals surface area contributed by atoms with Gasteiger partial charge in [-0.2, -0.15) is 8.42 Å². The van der Waals surface area contributed by atoms with E-state index in [1.165, 1.54) is 19.2 Å². The molecule has 2 aromatic rings. The number of nitrogens with zero attached hydrogens (tertiary/aromatic N) is 3. The van der Waals surface area contributed by atoms with E-state index in [4.69, 9.17) is 0 Å². The standard InChI is InChI=1S/C11H11N3O4S/c1-8-3-5-9(6-4-8)19(16,17)14-7-10(12-13-14)11(15)18-2/h3-7H,1-2H3. The molecule has 8 heteroatoms. The Hall–Kier alpha value is -2.22. The van der Waals surface area contributed by atoms with Crippen molar-refractivity contribution in [3.63, 3.8) is 0 Å². The number of aryl methyl sites for hydroxylation is 1. The van der Waals surface area contributed by atoms with Crippen LogP contribution < -0.4 is 0 Å². The van der Waals surface area contributed by atoms with Gasteiger partial charge in [-0.25, -0.2) is 4.79 Å². The molecule has 0 bridgehead atoms. The van der Waals surface area contributed by atoms with Gasteiger partial charge in [-0.05, 0) is 19.1 Å². The second kappa shape index (κ2) is 4.81. The Labute approximate surface area is 109 Å². The largest absolute Gasteiger partial charge is 0.464 e. The molecular weight excluding hydrogens is 270 g/mol. The molecule has 1 heterocycles. The molecule has 0 atom stereocenters. The van der Waals surface area contributed by atoms with Crippen molar-refractivity contribution in [2.45, 2.75) is 11.8 Å². The Bertz CT molecular complexity index is 704. The molecule has 0 aliphatic rings. The van der Waals surface area contributed by atoms with E-state index in [-0.39, 0.29) is 10.6 Å². The maximum absolute atomic E-state index is 12.2. The topological polar surface area (TPSA) is 91.2 Å². The number of aromatic nitrogens is 3. The molecule has 0 saturated heterocycles. The molecular formula is C11H11N3O4S. The van der Waals surface area contributed by atoms with Gasteiger partial charge in [-0.3, -0.25) is 0 Å². The fourth-order valence-electron chi connectivity index (χ4n) is 1.38. The van der Waals surface area contributed by atoms with Crippen LogP contribution in [0, 0.1) is 6.92 Å². The zero-order valence-corrected chi connectivity index (χ0v) is 11.1. The van der Waals surface area contributed by atoms with Crippen LogP contribution in [0.1, 0.15) is 16.1 Å². The maximum Gasteiger partial charge on any atom is 0.360 e. The first-order chi connectivity index (χ1) is 8.95. The minimum atomic E-state index is -3.84. The third kappa shape index (κ3) is 2.48. The van der Waals surface area contributed by atoms with Gasteiger partial charge in [-0.1, -0.05) is 22.9 Å². The molecule has 1 aromatic heterocycles. The Morgan fingerprint density at radius 2 is 1.89 bits per heavy atom. The van der Waals surface area contributed by atoms with Crippen LogP contribution in [-0.2, 0) is 14.8 Å². The molecule has 7 nitrogen and oxygen atoms in total. The van der Waals surface area contributed by atoms with Crippen molar-refractivity contribution in [3.8, 4) is 0 Å². The van der Waals surface area contributed by atoms with Crippen LogP contribution in [0.2, 0.25) is 0 Å². The van der Waals surface area contributed by atoms with Crippen LogP contribution in [0.15, 0.2) is 35.4 Å². The van der Waals surface area contributed by atoms with Gasteiger partial charge >= 0.3 is 5.97 Å². The number of hydrogen-bond donors (Lipinski definition) is 0. The molecule has 100 valence electrons. The zero-order chi connectivity index (χ0) is 14.0. The lowest BCUT2D eigenvalue weighted by molar-refractivity contribution is 0.0594. The Morgan fingerprint density at radius 1 is 1.26 bits per heavy atom. The van der Waals surface area contributed by atoms with E-state index in [1.54, 1.807) is 12.1 Å². The number of rotatable bonds is 3. The van der Waals surface area contributed by atoms with E-state index in [2.05, 4.69) is 15.0 Å². The predicted octanol–water partition coefficient (Wildman–Crippen LogP) is 0.610. The minimum absolute atomic E-state index is 0.0689. The van der Waals surface area contributed by atoms with E-state index >= 15 is 0 Å². The molecule has 0 saturated carbocycles. The number of carbonyl (C=O) groups is 1. The fraction of sp³-hybridized carbons (Fsp3) is 0.182. The maximum atomic E-state index is 12.2. The van der Waals surface area contributed by atoms with Crippen molar-refractivity contribution in [2.75, 3.05) is 7.11 Å². The highest BCUT2D eigenvalue weighted by molar-refractivity contribution is 7.89. The Morgan fingerprint density at radius 3 is 2.47 bits per heavy atom. The van der Waals surface area contributed by atoms with E-state index in [0.29, 0.717) is 4.09 Å². The highest BCUT2D eigenvalue weighted by Crippen LogP contribution is 2.13. The van der Waals surface area contributed by atoms with Gasteiger partial charge in [0.1, 0.15) is 0 Å². The van der Waals surface area contributed by atoms with Gasteiger partial charge < -0.3 is 4.74 Å². The molecule has 0 N–H and O–H groups in total. The molecule has 0 spiro atoms. The summed E-state index contributed by atoms with van der Waals surface area (Å²) in [5.74, 6) is -0.745. The first-order valence-corrected chi connectivity index (χ1v) is 6.72. The quantitative estimate of drug-likeness (QED) is 0.765. The van der Waals surface area contributed by atoms with Crippen LogP contribution in [0.25, 0.3) is 0 Å². The average molecular weight is 281 g/mol. The SMILES string of the molecule is COC(=O)c1cn(S(=O)(=O)c2ccc(C)cc2)nn1. The predicted molar refractivity (Wildman–Crippen MR) is 65.1 cm³/mol. The lowest BCUT2D eigenvalue weighted by Gasteiger charge is -2.03. The Kier molecular flexibility index (Phi) is 3.34. The summed E-state index contributed by atoms with van der Waals surface area (Å²) in [5.41, 5.74) is 0.769. The normalized spacial score (nSPS) is 11.3. The lowest BCUT2D eigenvalue weighted by atomic mass is 10.2. The van der Waals surface area contributed by atoms with Gasteiger partial charge in [0.2, 0.25) is 0 Å². The molecule has 1 aromatic carbocycles. The van der Waals surface area contributed by atoms with Crippen molar-refractivity contribution < 1.29 is 17.9 Å². The number of ether oxygens (including phenoxy) is 1. The molecule has 0 aliphatic carbocycles. The smallest absolute Gasteiger partial charge is 0.360 e. The third-order valence-corrected chi connectivity index (χ3v) is 3.97.